The van der Waals surface area contributed by atoms with Crippen molar-refractivity contribution in [2.24, 2.45) is 5.73 Å². The van der Waals surface area contributed by atoms with Crippen molar-refractivity contribution in [2.45, 2.75) is 25.9 Å². The molecule has 16 heavy (non-hydrogen) atoms. The lowest BCUT2D eigenvalue weighted by molar-refractivity contribution is -0.121. The van der Waals surface area contributed by atoms with Gasteiger partial charge in [0.1, 0.15) is 6.54 Å². The molecule has 0 aromatic carbocycles. The smallest absolute Gasteiger partial charge is 0.250 e. The van der Waals surface area contributed by atoms with E-state index >= 15 is 0 Å². The molecular weight excluding hydrogens is 206 g/mol. The quantitative estimate of drug-likeness (QED) is 0.719. The van der Waals surface area contributed by atoms with Crippen LogP contribution in [0.1, 0.15) is 13.3 Å². The van der Waals surface area contributed by atoms with E-state index in [2.05, 4.69) is 5.32 Å². The molecule has 88 valence electrons. The second-order valence-electron chi connectivity index (χ2n) is 3.78. The number of nitrogens with zero attached hydrogens (tertiary/aromatic N) is 1. The monoisotopic (exact) mass is 223 g/mol. The molecule has 0 fully saturated rings. The van der Waals surface area contributed by atoms with Crippen molar-refractivity contribution in [1.29, 1.82) is 0 Å². The van der Waals surface area contributed by atoms with Crippen molar-refractivity contribution < 1.29 is 4.79 Å². The SMILES string of the molecule is CC(N)CCNC(=O)Cn1ccccc1=O. The maximum atomic E-state index is 11.4. The minimum atomic E-state index is -0.176. The van der Waals surface area contributed by atoms with Crippen LogP contribution in [0.25, 0.3) is 0 Å². The number of hydrogen-bond donors (Lipinski definition) is 2. The molecule has 0 saturated carbocycles. The number of nitrogens with one attached hydrogen (secondary N) is 1. The average Bonchev–Trinajstić information content (AvgIpc) is 2.21. The first-order valence-corrected chi connectivity index (χ1v) is 5.27. The van der Waals surface area contributed by atoms with Crippen LogP contribution in [0, 0.1) is 0 Å². The zero-order chi connectivity index (χ0) is 12.0. The number of aromatic nitrogens is 1. The third-order valence-corrected chi connectivity index (χ3v) is 2.13. The summed E-state index contributed by atoms with van der Waals surface area (Å²) in [7, 11) is 0. The molecule has 0 aliphatic heterocycles. The minimum Gasteiger partial charge on any atom is -0.354 e. The van der Waals surface area contributed by atoms with E-state index in [0.29, 0.717) is 6.54 Å². The summed E-state index contributed by atoms with van der Waals surface area (Å²) in [6.45, 7) is 2.48. The normalized spacial score (nSPS) is 12.1. The van der Waals surface area contributed by atoms with E-state index in [0.717, 1.165) is 6.42 Å². The fraction of sp³-hybridized carbons (Fsp3) is 0.455. The molecule has 1 amide bonds. The zero-order valence-electron chi connectivity index (χ0n) is 9.35. The third-order valence-electron chi connectivity index (χ3n) is 2.13. The summed E-state index contributed by atoms with van der Waals surface area (Å²) >= 11 is 0. The summed E-state index contributed by atoms with van der Waals surface area (Å²) in [6, 6.07) is 4.86. The highest BCUT2D eigenvalue weighted by Crippen LogP contribution is 1.85. The number of carbonyl (C=O) groups excluding carboxylic acids is 1. The predicted octanol–water partition coefficient (Wildman–Crippen LogP) is -0.298. The lowest BCUT2D eigenvalue weighted by Gasteiger charge is -2.08. The fourth-order valence-electron chi connectivity index (χ4n) is 1.24. The Bertz CT molecular complexity index is 398. The van der Waals surface area contributed by atoms with Gasteiger partial charge in [0.15, 0.2) is 0 Å². The largest absolute Gasteiger partial charge is 0.354 e. The minimum absolute atomic E-state index is 0.0542. The van der Waals surface area contributed by atoms with Gasteiger partial charge in [0.25, 0.3) is 5.56 Å². The second-order valence-corrected chi connectivity index (χ2v) is 3.78. The van der Waals surface area contributed by atoms with Gasteiger partial charge in [-0.2, -0.15) is 0 Å². The molecule has 0 spiro atoms. The highest BCUT2D eigenvalue weighted by atomic mass is 16.2. The van der Waals surface area contributed by atoms with Crippen molar-refractivity contribution in [3.8, 4) is 0 Å². The molecule has 0 aliphatic rings. The van der Waals surface area contributed by atoms with Crippen LogP contribution >= 0.6 is 0 Å². The van der Waals surface area contributed by atoms with Gasteiger partial charge in [-0.1, -0.05) is 6.07 Å². The lowest BCUT2D eigenvalue weighted by Crippen LogP contribution is -2.34. The number of carbonyl (C=O) groups is 1. The molecule has 3 N–H and O–H groups in total. The Morgan fingerprint density at radius 3 is 2.94 bits per heavy atom. The molecule has 0 radical (unpaired) electrons. The Hall–Kier alpha value is -1.62. The number of pyridine rings is 1. The van der Waals surface area contributed by atoms with E-state index in [1.54, 1.807) is 18.3 Å². The molecule has 1 aromatic rings. The van der Waals surface area contributed by atoms with Gasteiger partial charge in [0, 0.05) is 24.8 Å². The summed E-state index contributed by atoms with van der Waals surface area (Å²) in [5.41, 5.74) is 5.37. The summed E-state index contributed by atoms with van der Waals surface area (Å²) in [6.07, 6.45) is 2.32. The molecule has 1 atom stereocenters. The number of amides is 1. The van der Waals surface area contributed by atoms with Gasteiger partial charge in [0.05, 0.1) is 0 Å². The van der Waals surface area contributed by atoms with Crippen LogP contribution in [0.4, 0.5) is 0 Å². The van der Waals surface area contributed by atoms with Crippen LogP contribution in [-0.4, -0.2) is 23.1 Å². The Morgan fingerprint density at radius 2 is 2.31 bits per heavy atom. The molecule has 5 heteroatoms. The first-order valence-electron chi connectivity index (χ1n) is 5.27. The van der Waals surface area contributed by atoms with Gasteiger partial charge in [0.2, 0.25) is 5.91 Å². The van der Waals surface area contributed by atoms with Crippen LogP contribution in [0.2, 0.25) is 0 Å². The summed E-state index contributed by atoms with van der Waals surface area (Å²) in [5.74, 6) is -0.172. The Labute approximate surface area is 94.3 Å². The zero-order valence-corrected chi connectivity index (χ0v) is 9.35. The average molecular weight is 223 g/mol. The number of hydrogen-bond acceptors (Lipinski definition) is 3. The molecule has 1 unspecified atom stereocenters. The highest BCUT2D eigenvalue weighted by Gasteiger charge is 2.03. The van der Waals surface area contributed by atoms with Crippen molar-refractivity contribution in [3.63, 3.8) is 0 Å². The van der Waals surface area contributed by atoms with Crippen molar-refractivity contribution >= 4 is 5.91 Å². The highest BCUT2D eigenvalue weighted by molar-refractivity contribution is 5.75. The fourth-order valence-corrected chi connectivity index (χ4v) is 1.24. The summed E-state index contributed by atoms with van der Waals surface area (Å²) < 4.78 is 1.36. The first kappa shape index (κ1) is 12.4. The molecule has 0 saturated heterocycles. The Balaban J connectivity index is 2.40. The Morgan fingerprint density at radius 1 is 1.56 bits per heavy atom. The molecule has 1 rings (SSSR count). The van der Waals surface area contributed by atoms with Crippen molar-refractivity contribution in [2.75, 3.05) is 6.54 Å². The molecule has 1 heterocycles. The van der Waals surface area contributed by atoms with Crippen molar-refractivity contribution in [3.05, 3.63) is 34.7 Å². The lowest BCUT2D eigenvalue weighted by atomic mass is 10.2. The van der Waals surface area contributed by atoms with Crippen LogP contribution in [0.15, 0.2) is 29.2 Å². The first-order chi connectivity index (χ1) is 7.59. The van der Waals surface area contributed by atoms with Gasteiger partial charge < -0.3 is 15.6 Å². The topological polar surface area (TPSA) is 77.1 Å². The van der Waals surface area contributed by atoms with Gasteiger partial charge in [-0.15, -0.1) is 0 Å². The van der Waals surface area contributed by atoms with Gasteiger partial charge in [-0.05, 0) is 19.4 Å². The van der Waals surface area contributed by atoms with E-state index in [9.17, 15) is 9.59 Å². The maximum Gasteiger partial charge on any atom is 0.250 e. The summed E-state index contributed by atoms with van der Waals surface area (Å²) in [4.78, 5) is 22.7. The third kappa shape index (κ3) is 4.27. The van der Waals surface area contributed by atoms with E-state index in [4.69, 9.17) is 5.73 Å². The number of rotatable bonds is 5. The Kier molecular flexibility index (Phi) is 4.72. The molecular formula is C11H17N3O2. The predicted molar refractivity (Wildman–Crippen MR) is 62.0 cm³/mol. The number of nitrogens with two attached hydrogens (primary N) is 1. The van der Waals surface area contributed by atoms with Crippen LogP contribution in [0.3, 0.4) is 0 Å². The standard InChI is InChI=1S/C11H17N3O2/c1-9(12)5-6-13-10(15)8-14-7-3-2-4-11(14)16/h2-4,7,9H,5-6,8,12H2,1H3,(H,13,15). The van der Waals surface area contributed by atoms with Crippen molar-refractivity contribution in [1.82, 2.24) is 9.88 Å². The van der Waals surface area contributed by atoms with Gasteiger partial charge in [-0.3, -0.25) is 9.59 Å². The molecule has 5 nitrogen and oxygen atoms in total. The van der Waals surface area contributed by atoms with E-state index in [1.165, 1.54) is 10.6 Å². The van der Waals surface area contributed by atoms with Crippen LogP contribution in [-0.2, 0) is 11.3 Å². The summed E-state index contributed by atoms with van der Waals surface area (Å²) in [5, 5.41) is 2.71. The van der Waals surface area contributed by atoms with Crippen LogP contribution in [0.5, 0.6) is 0 Å². The maximum absolute atomic E-state index is 11.4. The van der Waals surface area contributed by atoms with E-state index < -0.39 is 0 Å². The molecule has 1 aromatic heterocycles. The van der Waals surface area contributed by atoms with E-state index in [-0.39, 0.29) is 24.1 Å². The molecule has 0 aliphatic carbocycles. The van der Waals surface area contributed by atoms with Gasteiger partial charge in [-0.25, -0.2) is 0 Å². The van der Waals surface area contributed by atoms with Crippen LogP contribution < -0.4 is 16.6 Å². The van der Waals surface area contributed by atoms with E-state index in [1.807, 2.05) is 6.92 Å². The second kappa shape index (κ2) is 6.07. The molecule has 0 bridgehead atoms. The van der Waals surface area contributed by atoms with Gasteiger partial charge >= 0.3 is 0 Å².